The zero-order valence-electron chi connectivity index (χ0n) is 10.1. The van der Waals surface area contributed by atoms with Crippen LogP contribution in [0.5, 0.6) is 0 Å². The Morgan fingerprint density at radius 1 is 1.42 bits per heavy atom. The van der Waals surface area contributed by atoms with Crippen molar-refractivity contribution >= 4 is 42.8 Å². The predicted octanol–water partition coefficient (Wildman–Crippen LogP) is 3.10. The van der Waals surface area contributed by atoms with Crippen molar-refractivity contribution in [1.82, 2.24) is 9.55 Å². The summed E-state index contributed by atoms with van der Waals surface area (Å²) in [6.07, 6.45) is 3.81. The molecule has 19 heavy (non-hydrogen) atoms. The van der Waals surface area contributed by atoms with Crippen molar-refractivity contribution in [2.24, 2.45) is 0 Å². The maximum absolute atomic E-state index is 12.4. The van der Waals surface area contributed by atoms with E-state index >= 15 is 0 Å². The second-order valence-corrected chi connectivity index (χ2v) is 6.39. The van der Waals surface area contributed by atoms with Crippen molar-refractivity contribution in [3.63, 3.8) is 0 Å². The van der Waals surface area contributed by atoms with Crippen molar-refractivity contribution in [1.29, 1.82) is 0 Å². The number of hydrogen-bond acceptors (Lipinski definition) is 3. The second kappa shape index (κ2) is 5.34. The zero-order chi connectivity index (χ0) is 13.4. The molecule has 1 aromatic carbocycles. The Hall–Kier alpha value is -0.720. The highest BCUT2D eigenvalue weighted by Gasteiger charge is 2.17. The van der Waals surface area contributed by atoms with E-state index in [1.54, 1.807) is 17.0 Å². The van der Waals surface area contributed by atoms with Gasteiger partial charge in [-0.25, -0.2) is 4.98 Å². The molecule has 0 amide bonds. The van der Waals surface area contributed by atoms with Gasteiger partial charge >= 0.3 is 0 Å². The molecule has 1 aromatic heterocycles. The third-order valence-corrected chi connectivity index (χ3v) is 4.33. The van der Waals surface area contributed by atoms with Gasteiger partial charge in [0.15, 0.2) is 0 Å². The molecule has 0 bridgehead atoms. The second-order valence-electron chi connectivity index (χ2n) is 4.62. The third-order valence-electron chi connectivity index (χ3n) is 3.27. The van der Waals surface area contributed by atoms with Crippen LogP contribution in [0.25, 0.3) is 10.9 Å². The van der Waals surface area contributed by atoms with E-state index in [4.69, 9.17) is 4.74 Å². The van der Waals surface area contributed by atoms with E-state index in [2.05, 4.69) is 36.8 Å². The molecular weight excluding hydrogens is 376 g/mol. The first-order valence-corrected chi connectivity index (χ1v) is 7.69. The van der Waals surface area contributed by atoms with Gasteiger partial charge in [0.1, 0.15) is 0 Å². The molecule has 1 aliphatic rings. The number of ether oxygens (including phenoxy) is 1. The van der Waals surface area contributed by atoms with Gasteiger partial charge in [0.25, 0.3) is 5.56 Å². The van der Waals surface area contributed by atoms with Gasteiger partial charge in [-0.3, -0.25) is 9.36 Å². The molecule has 1 atom stereocenters. The lowest BCUT2D eigenvalue weighted by atomic mass is 10.2. The summed E-state index contributed by atoms with van der Waals surface area (Å²) in [6.45, 7) is 1.36. The van der Waals surface area contributed by atoms with Gasteiger partial charge in [-0.1, -0.05) is 15.9 Å². The lowest BCUT2D eigenvalue weighted by Gasteiger charge is -2.12. The quantitative estimate of drug-likeness (QED) is 0.795. The number of rotatable bonds is 2. The summed E-state index contributed by atoms with van der Waals surface area (Å²) in [6, 6.07) is 3.70. The van der Waals surface area contributed by atoms with Crippen molar-refractivity contribution < 1.29 is 4.74 Å². The van der Waals surface area contributed by atoms with Gasteiger partial charge in [-0.15, -0.1) is 0 Å². The van der Waals surface area contributed by atoms with Gasteiger partial charge in [0.2, 0.25) is 0 Å². The number of aromatic nitrogens is 2. The molecule has 0 aliphatic carbocycles. The monoisotopic (exact) mass is 386 g/mol. The average molecular weight is 388 g/mol. The molecule has 0 spiro atoms. The maximum atomic E-state index is 12.4. The molecular formula is C13H12Br2N2O2. The van der Waals surface area contributed by atoms with E-state index in [1.165, 1.54) is 0 Å². The normalized spacial score (nSPS) is 19.2. The summed E-state index contributed by atoms with van der Waals surface area (Å²) < 4.78 is 8.88. The Balaban J connectivity index is 2.07. The van der Waals surface area contributed by atoms with Gasteiger partial charge in [-0.2, -0.15) is 0 Å². The number of nitrogens with zero attached hydrogens (tertiary/aromatic N) is 2. The van der Waals surface area contributed by atoms with Crippen molar-refractivity contribution in [2.45, 2.75) is 25.5 Å². The van der Waals surface area contributed by atoms with Crippen LogP contribution in [0.3, 0.4) is 0 Å². The molecule has 1 aliphatic heterocycles. The lowest BCUT2D eigenvalue weighted by Crippen LogP contribution is -2.26. The summed E-state index contributed by atoms with van der Waals surface area (Å²) in [5.74, 6) is 0. The van der Waals surface area contributed by atoms with Gasteiger partial charge in [0.05, 0.1) is 29.9 Å². The first kappa shape index (κ1) is 13.3. The summed E-state index contributed by atoms with van der Waals surface area (Å²) in [4.78, 5) is 16.8. The average Bonchev–Trinajstić information content (AvgIpc) is 2.86. The predicted molar refractivity (Wildman–Crippen MR) is 80.4 cm³/mol. The topological polar surface area (TPSA) is 44.1 Å². The smallest absolute Gasteiger partial charge is 0.261 e. The van der Waals surface area contributed by atoms with Gasteiger partial charge in [0, 0.05) is 15.6 Å². The van der Waals surface area contributed by atoms with Gasteiger partial charge in [-0.05, 0) is 40.9 Å². The molecule has 2 aromatic rings. The van der Waals surface area contributed by atoms with Crippen LogP contribution in [0.4, 0.5) is 0 Å². The molecule has 1 fully saturated rings. The van der Waals surface area contributed by atoms with E-state index in [9.17, 15) is 4.79 Å². The summed E-state index contributed by atoms with van der Waals surface area (Å²) >= 11 is 6.83. The largest absolute Gasteiger partial charge is 0.376 e. The Kier molecular flexibility index (Phi) is 3.73. The SMILES string of the molecule is O=c1c2cc(Br)cc(Br)c2ncn1C[C@H]1CCCO1. The van der Waals surface area contributed by atoms with E-state index in [1.807, 2.05) is 6.07 Å². The van der Waals surface area contributed by atoms with Crippen molar-refractivity contribution in [2.75, 3.05) is 6.61 Å². The molecule has 0 radical (unpaired) electrons. The van der Waals surface area contributed by atoms with Crippen LogP contribution >= 0.6 is 31.9 Å². The Bertz CT molecular complexity index is 678. The van der Waals surface area contributed by atoms with Crippen molar-refractivity contribution in [3.8, 4) is 0 Å². The Morgan fingerprint density at radius 3 is 3.00 bits per heavy atom. The Labute approximate surface area is 127 Å². The fraction of sp³-hybridized carbons (Fsp3) is 0.385. The van der Waals surface area contributed by atoms with E-state index in [-0.39, 0.29) is 11.7 Å². The van der Waals surface area contributed by atoms with E-state index in [0.29, 0.717) is 17.4 Å². The van der Waals surface area contributed by atoms with Crippen LogP contribution in [-0.2, 0) is 11.3 Å². The van der Waals surface area contributed by atoms with Crippen molar-refractivity contribution in [3.05, 3.63) is 37.8 Å². The molecule has 0 N–H and O–H groups in total. The van der Waals surface area contributed by atoms with Crippen LogP contribution in [0.1, 0.15) is 12.8 Å². The molecule has 0 saturated carbocycles. The number of benzene rings is 1. The molecule has 4 nitrogen and oxygen atoms in total. The molecule has 3 rings (SSSR count). The summed E-state index contributed by atoms with van der Waals surface area (Å²) in [5.41, 5.74) is 0.666. The minimum atomic E-state index is -0.0255. The molecule has 2 heterocycles. The maximum Gasteiger partial charge on any atom is 0.261 e. The molecule has 1 saturated heterocycles. The van der Waals surface area contributed by atoms with Crippen LogP contribution in [0.15, 0.2) is 32.2 Å². The van der Waals surface area contributed by atoms with Gasteiger partial charge < -0.3 is 4.74 Å². The highest BCUT2D eigenvalue weighted by molar-refractivity contribution is 9.11. The Morgan fingerprint density at radius 2 is 2.26 bits per heavy atom. The standard InChI is InChI=1S/C13H12Br2N2O2/c14-8-4-10-12(11(15)5-8)16-7-17(13(10)18)6-9-2-1-3-19-9/h4-5,7,9H,1-3,6H2/t9-/m1/s1. The zero-order valence-corrected chi connectivity index (χ0v) is 13.3. The number of halogens is 2. The number of hydrogen-bond donors (Lipinski definition) is 0. The fourth-order valence-electron chi connectivity index (χ4n) is 2.33. The fourth-order valence-corrected chi connectivity index (χ4v) is 3.66. The molecule has 0 unspecified atom stereocenters. The first-order chi connectivity index (χ1) is 9.15. The molecule has 100 valence electrons. The van der Waals surface area contributed by atoms with Crippen LogP contribution < -0.4 is 5.56 Å². The van der Waals surface area contributed by atoms with Crippen LogP contribution in [-0.4, -0.2) is 22.3 Å². The highest BCUT2D eigenvalue weighted by Crippen LogP contribution is 2.25. The number of fused-ring (bicyclic) bond motifs is 1. The minimum Gasteiger partial charge on any atom is -0.376 e. The third kappa shape index (κ3) is 2.61. The minimum absolute atomic E-state index is 0.0255. The lowest BCUT2D eigenvalue weighted by molar-refractivity contribution is 0.0960. The summed E-state index contributed by atoms with van der Waals surface area (Å²) in [7, 11) is 0. The van der Waals surface area contributed by atoms with Crippen LogP contribution in [0, 0.1) is 0 Å². The van der Waals surface area contributed by atoms with E-state index in [0.717, 1.165) is 28.4 Å². The first-order valence-electron chi connectivity index (χ1n) is 6.11. The highest BCUT2D eigenvalue weighted by atomic mass is 79.9. The molecule has 6 heteroatoms. The van der Waals surface area contributed by atoms with Crippen LogP contribution in [0.2, 0.25) is 0 Å². The van der Waals surface area contributed by atoms with E-state index < -0.39 is 0 Å². The summed E-state index contributed by atoms with van der Waals surface area (Å²) in [5, 5.41) is 0.613.